The topological polar surface area (TPSA) is 119 Å². The fourth-order valence-corrected chi connectivity index (χ4v) is 2.04. The summed E-state index contributed by atoms with van der Waals surface area (Å²) in [6.45, 7) is 1.58. The van der Waals surface area contributed by atoms with Crippen LogP contribution in [0.1, 0.15) is 5.69 Å². The molecule has 1 aromatic rings. The number of rotatable bonds is 6. The molecule has 102 valence electrons. The van der Waals surface area contributed by atoms with Crippen molar-refractivity contribution in [2.75, 3.05) is 24.7 Å². The van der Waals surface area contributed by atoms with E-state index < -0.39 is 14.9 Å². The zero-order chi connectivity index (χ0) is 13.9. The lowest BCUT2D eigenvalue weighted by molar-refractivity contribution is -0.384. The number of nitrogens with zero attached hydrogens (tertiary/aromatic N) is 3. The fraction of sp³-hybridized carbons (Fsp3) is 0.625. The summed E-state index contributed by atoms with van der Waals surface area (Å²) in [6.07, 6.45) is 0. The molecule has 1 rings (SSSR count). The molecule has 0 fully saturated rings. The summed E-state index contributed by atoms with van der Waals surface area (Å²) in [7, 11) is -0.479. The summed E-state index contributed by atoms with van der Waals surface area (Å²) in [5.41, 5.74) is 0.140. The van der Waals surface area contributed by atoms with Crippen LogP contribution in [0.4, 0.5) is 11.5 Å². The van der Waals surface area contributed by atoms with E-state index in [2.05, 4.69) is 15.1 Å². The van der Waals surface area contributed by atoms with Gasteiger partial charge in [-0.25, -0.2) is 17.8 Å². The number of hydrogen-bond acceptors (Lipinski definition) is 6. The standard InChI is InChI=1S/C8H15N5O4S/c1-6-7(13(14)15)8(12(3)11-6)10-4-5-18(16,17)9-2/h9-10H,4-5H2,1-3H3. The van der Waals surface area contributed by atoms with E-state index in [0.29, 0.717) is 0 Å². The van der Waals surface area contributed by atoms with Crippen LogP contribution < -0.4 is 10.0 Å². The highest BCUT2D eigenvalue weighted by Crippen LogP contribution is 2.26. The summed E-state index contributed by atoms with van der Waals surface area (Å²) >= 11 is 0. The van der Waals surface area contributed by atoms with Crippen molar-refractivity contribution in [3.63, 3.8) is 0 Å². The Bertz CT molecular complexity index is 550. The molecular formula is C8H15N5O4S. The summed E-state index contributed by atoms with van der Waals surface area (Å²) in [4.78, 5) is 10.3. The molecule has 0 amide bonds. The first-order valence-corrected chi connectivity index (χ1v) is 6.77. The van der Waals surface area contributed by atoms with Crippen molar-refractivity contribution in [1.29, 1.82) is 0 Å². The van der Waals surface area contributed by atoms with E-state index in [0.717, 1.165) is 0 Å². The van der Waals surface area contributed by atoms with Gasteiger partial charge in [-0.1, -0.05) is 0 Å². The van der Waals surface area contributed by atoms with Gasteiger partial charge in [0.25, 0.3) is 0 Å². The Kier molecular flexibility index (Phi) is 4.24. The van der Waals surface area contributed by atoms with Crippen LogP contribution in [0.5, 0.6) is 0 Å². The number of nitrogens with one attached hydrogen (secondary N) is 2. The molecule has 0 aliphatic carbocycles. The number of aryl methyl sites for hydroxylation is 2. The Labute approximate surface area is 104 Å². The molecule has 2 N–H and O–H groups in total. The van der Waals surface area contributed by atoms with Crippen molar-refractivity contribution in [2.45, 2.75) is 6.92 Å². The molecule has 0 aliphatic heterocycles. The van der Waals surface area contributed by atoms with Crippen LogP contribution in [0.3, 0.4) is 0 Å². The number of aromatic nitrogens is 2. The molecule has 1 aromatic heterocycles. The molecule has 0 unspecified atom stereocenters. The van der Waals surface area contributed by atoms with Crippen molar-refractivity contribution < 1.29 is 13.3 Å². The van der Waals surface area contributed by atoms with Crippen molar-refractivity contribution in [2.24, 2.45) is 7.05 Å². The maximum absolute atomic E-state index is 11.2. The Balaban J connectivity index is 2.83. The summed E-state index contributed by atoms with van der Waals surface area (Å²) in [5.74, 6) is 0.0223. The molecule has 0 saturated carbocycles. The highest BCUT2D eigenvalue weighted by Gasteiger charge is 2.23. The minimum absolute atomic E-state index is 0.0585. The molecular weight excluding hydrogens is 262 g/mol. The molecule has 0 bridgehead atoms. The van der Waals surface area contributed by atoms with Gasteiger partial charge < -0.3 is 5.32 Å². The number of nitro groups is 1. The van der Waals surface area contributed by atoms with E-state index >= 15 is 0 Å². The van der Waals surface area contributed by atoms with Gasteiger partial charge in [-0.3, -0.25) is 10.1 Å². The van der Waals surface area contributed by atoms with Gasteiger partial charge in [-0.15, -0.1) is 0 Å². The second-order valence-corrected chi connectivity index (χ2v) is 5.66. The van der Waals surface area contributed by atoms with Gasteiger partial charge in [0.2, 0.25) is 15.8 Å². The first-order valence-electron chi connectivity index (χ1n) is 5.11. The van der Waals surface area contributed by atoms with E-state index in [1.54, 1.807) is 7.05 Å². The molecule has 0 radical (unpaired) electrons. The second kappa shape index (κ2) is 5.31. The SMILES string of the molecule is CNS(=O)(=O)CCNc1c([N+](=O)[O-])c(C)nn1C. The average molecular weight is 277 g/mol. The highest BCUT2D eigenvalue weighted by atomic mass is 32.2. The van der Waals surface area contributed by atoms with Crippen LogP contribution in [-0.2, 0) is 17.1 Å². The van der Waals surface area contributed by atoms with Crippen LogP contribution in [-0.4, -0.2) is 42.5 Å². The maximum Gasteiger partial charge on any atom is 0.333 e. The Hall–Kier alpha value is -1.68. The van der Waals surface area contributed by atoms with Gasteiger partial charge in [-0.2, -0.15) is 5.10 Å². The first-order chi connectivity index (χ1) is 8.28. The summed E-state index contributed by atoms with van der Waals surface area (Å²) < 4.78 is 25.9. The fourth-order valence-electron chi connectivity index (χ4n) is 1.47. The molecule has 18 heavy (non-hydrogen) atoms. The predicted octanol–water partition coefficient (Wildman–Crippen LogP) is -0.402. The maximum atomic E-state index is 11.2. The van der Waals surface area contributed by atoms with E-state index in [-0.39, 0.29) is 29.5 Å². The molecule has 0 atom stereocenters. The van der Waals surface area contributed by atoms with Gasteiger partial charge in [0.15, 0.2) is 0 Å². The number of sulfonamides is 1. The van der Waals surface area contributed by atoms with Crippen LogP contribution in [0, 0.1) is 17.0 Å². The van der Waals surface area contributed by atoms with E-state index in [1.807, 2.05) is 0 Å². The van der Waals surface area contributed by atoms with Gasteiger partial charge >= 0.3 is 5.69 Å². The molecule has 0 saturated heterocycles. The minimum Gasteiger partial charge on any atom is -0.363 e. The van der Waals surface area contributed by atoms with Crippen molar-refractivity contribution in [3.8, 4) is 0 Å². The van der Waals surface area contributed by atoms with Crippen LogP contribution in [0.15, 0.2) is 0 Å². The highest BCUT2D eigenvalue weighted by molar-refractivity contribution is 7.89. The van der Waals surface area contributed by atoms with Crippen LogP contribution in [0.2, 0.25) is 0 Å². The smallest absolute Gasteiger partial charge is 0.333 e. The van der Waals surface area contributed by atoms with Gasteiger partial charge in [0.05, 0.1) is 10.7 Å². The van der Waals surface area contributed by atoms with Gasteiger partial charge in [0.1, 0.15) is 5.69 Å². The number of anilines is 1. The lowest BCUT2D eigenvalue weighted by Gasteiger charge is -2.06. The lowest BCUT2D eigenvalue weighted by Crippen LogP contribution is -2.26. The van der Waals surface area contributed by atoms with E-state index in [4.69, 9.17) is 0 Å². The zero-order valence-electron chi connectivity index (χ0n) is 10.3. The molecule has 0 aromatic carbocycles. The van der Waals surface area contributed by atoms with Crippen molar-refractivity contribution in [3.05, 3.63) is 15.8 Å². The number of hydrogen-bond donors (Lipinski definition) is 2. The second-order valence-electron chi connectivity index (χ2n) is 3.61. The molecule has 10 heteroatoms. The Morgan fingerprint density at radius 1 is 1.50 bits per heavy atom. The van der Waals surface area contributed by atoms with Crippen molar-refractivity contribution >= 4 is 21.5 Å². The van der Waals surface area contributed by atoms with E-state index in [9.17, 15) is 18.5 Å². The Morgan fingerprint density at radius 3 is 2.61 bits per heavy atom. The Morgan fingerprint density at radius 2 is 2.11 bits per heavy atom. The molecule has 1 heterocycles. The summed E-state index contributed by atoms with van der Waals surface area (Å²) in [6, 6.07) is 0. The van der Waals surface area contributed by atoms with Crippen molar-refractivity contribution in [1.82, 2.24) is 14.5 Å². The molecule has 9 nitrogen and oxygen atoms in total. The third-order valence-corrected chi connectivity index (χ3v) is 3.71. The van der Waals surface area contributed by atoms with Gasteiger partial charge in [0, 0.05) is 13.6 Å². The van der Waals surface area contributed by atoms with Crippen LogP contribution in [0.25, 0.3) is 0 Å². The normalized spacial score (nSPS) is 11.5. The quantitative estimate of drug-likeness (QED) is 0.539. The average Bonchev–Trinajstić information content (AvgIpc) is 2.53. The monoisotopic (exact) mass is 277 g/mol. The molecule has 0 spiro atoms. The summed E-state index contributed by atoms with van der Waals surface area (Å²) in [5, 5.41) is 17.5. The lowest BCUT2D eigenvalue weighted by atomic mass is 10.4. The third kappa shape index (κ3) is 3.17. The van der Waals surface area contributed by atoms with E-state index in [1.165, 1.54) is 18.7 Å². The molecule has 0 aliphatic rings. The van der Waals surface area contributed by atoms with Crippen LogP contribution >= 0.6 is 0 Å². The van der Waals surface area contributed by atoms with Gasteiger partial charge in [-0.05, 0) is 14.0 Å². The zero-order valence-corrected chi connectivity index (χ0v) is 11.1. The minimum atomic E-state index is -3.34. The largest absolute Gasteiger partial charge is 0.363 e. The predicted molar refractivity (Wildman–Crippen MR) is 65.9 cm³/mol. The third-order valence-electron chi connectivity index (χ3n) is 2.35. The first kappa shape index (κ1) is 14.4.